The number of benzene rings is 1. The third-order valence-electron chi connectivity index (χ3n) is 3.12. The lowest BCUT2D eigenvalue weighted by Crippen LogP contribution is -2.37. The van der Waals surface area contributed by atoms with Crippen LogP contribution in [0.3, 0.4) is 0 Å². The van der Waals surface area contributed by atoms with Gasteiger partial charge in [-0.05, 0) is 24.0 Å². The van der Waals surface area contributed by atoms with Crippen LogP contribution in [-0.4, -0.2) is 28.2 Å². The van der Waals surface area contributed by atoms with Crippen molar-refractivity contribution in [2.45, 2.75) is 31.4 Å². The number of fused-ring (bicyclic) bond motifs is 1. The summed E-state index contributed by atoms with van der Waals surface area (Å²) in [6.45, 7) is 0. The van der Waals surface area contributed by atoms with Crippen LogP contribution < -0.4 is 5.32 Å². The second-order valence-electron chi connectivity index (χ2n) is 4.41. The predicted molar refractivity (Wildman–Crippen MR) is 63.9 cm³/mol. The summed E-state index contributed by atoms with van der Waals surface area (Å²) in [4.78, 5) is 22.0. The first-order chi connectivity index (χ1) is 8.58. The highest BCUT2D eigenvalue weighted by Gasteiger charge is 2.26. The number of carbonyl (C=O) groups excluding carboxylic acids is 1. The molecule has 1 aliphatic rings. The molecular weight excluding hydrogens is 234 g/mol. The molecule has 0 aliphatic heterocycles. The Bertz CT molecular complexity index is 472. The average Bonchev–Trinajstić information content (AvgIpc) is 2.72. The summed E-state index contributed by atoms with van der Waals surface area (Å²) in [5.41, 5.74) is 2.24. The van der Waals surface area contributed by atoms with Crippen LogP contribution in [0.15, 0.2) is 24.3 Å². The topological polar surface area (TPSA) is 86.6 Å². The molecule has 5 heteroatoms. The largest absolute Gasteiger partial charge is 0.481 e. The molecule has 96 valence electrons. The van der Waals surface area contributed by atoms with Gasteiger partial charge in [0.25, 0.3) is 0 Å². The fourth-order valence-corrected chi connectivity index (χ4v) is 2.23. The monoisotopic (exact) mass is 249 g/mol. The summed E-state index contributed by atoms with van der Waals surface area (Å²) >= 11 is 0. The van der Waals surface area contributed by atoms with E-state index in [0.717, 1.165) is 18.4 Å². The first kappa shape index (κ1) is 12.6. The molecule has 0 heterocycles. The predicted octanol–water partition coefficient (Wildman–Crippen LogP) is 0.626. The summed E-state index contributed by atoms with van der Waals surface area (Å²) in [5.74, 6) is -1.82. The number of carboxylic acids is 1. The van der Waals surface area contributed by atoms with E-state index >= 15 is 0 Å². The van der Waals surface area contributed by atoms with Gasteiger partial charge in [0.05, 0.1) is 12.5 Å². The molecule has 3 N–H and O–H groups in total. The Morgan fingerprint density at radius 1 is 1.39 bits per heavy atom. The van der Waals surface area contributed by atoms with Crippen molar-refractivity contribution in [3.63, 3.8) is 0 Å². The molecule has 0 spiro atoms. The van der Waals surface area contributed by atoms with Crippen molar-refractivity contribution in [2.24, 2.45) is 0 Å². The second-order valence-corrected chi connectivity index (χ2v) is 4.41. The Morgan fingerprint density at radius 2 is 2.11 bits per heavy atom. The fourth-order valence-electron chi connectivity index (χ4n) is 2.23. The average molecular weight is 249 g/mol. The molecule has 1 aromatic rings. The minimum absolute atomic E-state index is 0.128. The normalized spacial score (nSPS) is 19.1. The van der Waals surface area contributed by atoms with E-state index in [0.29, 0.717) is 0 Å². The van der Waals surface area contributed by atoms with Crippen LogP contribution >= 0.6 is 0 Å². The minimum atomic E-state index is -1.49. The molecule has 18 heavy (non-hydrogen) atoms. The van der Waals surface area contributed by atoms with E-state index in [1.807, 2.05) is 24.3 Å². The van der Waals surface area contributed by atoms with Gasteiger partial charge < -0.3 is 15.5 Å². The van der Waals surface area contributed by atoms with Crippen LogP contribution in [0.2, 0.25) is 0 Å². The number of carboxylic acid groups (broad SMARTS) is 1. The molecule has 0 bridgehead atoms. The van der Waals surface area contributed by atoms with E-state index in [2.05, 4.69) is 5.32 Å². The van der Waals surface area contributed by atoms with Crippen molar-refractivity contribution in [3.05, 3.63) is 35.4 Å². The number of nitrogens with one attached hydrogen (secondary N) is 1. The number of aliphatic hydroxyl groups excluding tert-OH is 1. The number of amides is 1. The minimum Gasteiger partial charge on any atom is -0.481 e. The molecule has 0 radical (unpaired) electrons. The van der Waals surface area contributed by atoms with Crippen LogP contribution in [0.1, 0.15) is 30.0 Å². The number of aliphatic hydroxyl groups is 1. The first-order valence-corrected chi connectivity index (χ1v) is 5.86. The highest BCUT2D eigenvalue weighted by molar-refractivity contribution is 5.85. The van der Waals surface area contributed by atoms with Crippen LogP contribution in [-0.2, 0) is 16.0 Å². The number of hydrogen-bond acceptors (Lipinski definition) is 3. The Labute approximate surface area is 104 Å². The number of hydrogen-bond donors (Lipinski definition) is 3. The lowest BCUT2D eigenvalue weighted by molar-refractivity contribution is -0.144. The van der Waals surface area contributed by atoms with Crippen LogP contribution in [0.4, 0.5) is 0 Å². The molecule has 2 atom stereocenters. The smallest absolute Gasteiger partial charge is 0.306 e. The summed E-state index contributed by atoms with van der Waals surface area (Å²) in [5, 5.41) is 20.6. The van der Waals surface area contributed by atoms with E-state index in [1.165, 1.54) is 5.56 Å². The number of aryl methyl sites for hydroxylation is 1. The van der Waals surface area contributed by atoms with Crippen LogP contribution in [0.5, 0.6) is 0 Å². The van der Waals surface area contributed by atoms with E-state index < -0.39 is 24.4 Å². The van der Waals surface area contributed by atoms with Crippen molar-refractivity contribution in [1.29, 1.82) is 0 Å². The summed E-state index contributed by atoms with van der Waals surface area (Å²) < 4.78 is 0. The fraction of sp³-hybridized carbons (Fsp3) is 0.385. The lowest BCUT2D eigenvalue weighted by Gasteiger charge is -2.16. The Kier molecular flexibility index (Phi) is 3.62. The Morgan fingerprint density at radius 3 is 2.83 bits per heavy atom. The van der Waals surface area contributed by atoms with Gasteiger partial charge in [0, 0.05) is 0 Å². The Balaban J connectivity index is 1.99. The summed E-state index contributed by atoms with van der Waals surface area (Å²) in [6, 6.07) is 7.67. The lowest BCUT2D eigenvalue weighted by atomic mass is 10.1. The summed E-state index contributed by atoms with van der Waals surface area (Å²) in [6.07, 6.45) is -0.392. The maximum atomic E-state index is 11.6. The molecular formula is C13H15NO4. The third-order valence-corrected chi connectivity index (χ3v) is 3.12. The molecule has 0 saturated carbocycles. The van der Waals surface area contributed by atoms with E-state index in [1.54, 1.807) is 0 Å². The van der Waals surface area contributed by atoms with Crippen LogP contribution in [0, 0.1) is 0 Å². The number of aliphatic carboxylic acids is 1. The van der Waals surface area contributed by atoms with Crippen LogP contribution in [0.25, 0.3) is 0 Å². The van der Waals surface area contributed by atoms with Crippen molar-refractivity contribution in [2.75, 3.05) is 0 Å². The SMILES string of the molecule is O=C(O)C[C@@H](O)C(=O)NC1CCc2ccccc21. The molecule has 1 aliphatic carbocycles. The number of carbonyl (C=O) groups is 2. The van der Waals surface area contributed by atoms with Gasteiger partial charge in [-0.15, -0.1) is 0 Å². The zero-order chi connectivity index (χ0) is 13.1. The molecule has 0 saturated heterocycles. The summed E-state index contributed by atoms with van der Waals surface area (Å²) in [7, 11) is 0. The van der Waals surface area contributed by atoms with Gasteiger partial charge in [0.2, 0.25) is 5.91 Å². The molecule has 0 fully saturated rings. The highest BCUT2D eigenvalue weighted by Crippen LogP contribution is 2.30. The first-order valence-electron chi connectivity index (χ1n) is 5.86. The van der Waals surface area contributed by atoms with Gasteiger partial charge in [0.15, 0.2) is 0 Å². The molecule has 1 aromatic carbocycles. The van der Waals surface area contributed by atoms with Gasteiger partial charge in [-0.2, -0.15) is 0 Å². The van der Waals surface area contributed by atoms with Gasteiger partial charge >= 0.3 is 5.97 Å². The van der Waals surface area contributed by atoms with Crippen molar-refractivity contribution < 1.29 is 19.8 Å². The molecule has 1 unspecified atom stereocenters. The molecule has 0 aromatic heterocycles. The van der Waals surface area contributed by atoms with Crippen molar-refractivity contribution in [1.82, 2.24) is 5.32 Å². The van der Waals surface area contributed by atoms with Crippen molar-refractivity contribution >= 4 is 11.9 Å². The molecule has 5 nitrogen and oxygen atoms in total. The van der Waals surface area contributed by atoms with E-state index in [9.17, 15) is 14.7 Å². The van der Waals surface area contributed by atoms with E-state index in [-0.39, 0.29) is 6.04 Å². The quantitative estimate of drug-likeness (QED) is 0.730. The molecule has 1 amide bonds. The zero-order valence-corrected chi connectivity index (χ0v) is 9.80. The maximum absolute atomic E-state index is 11.6. The highest BCUT2D eigenvalue weighted by atomic mass is 16.4. The molecule has 2 rings (SSSR count). The maximum Gasteiger partial charge on any atom is 0.306 e. The van der Waals surface area contributed by atoms with Gasteiger partial charge in [-0.1, -0.05) is 24.3 Å². The second kappa shape index (κ2) is 5.18. The van der Waals surface area contributed by atoms with Gasteiger partial charge in [-0.25, -0.2) is 0 Å². The Hall–Kier alpha value is -1.88. The van der Waals surface area contributed by atoms with E-state index in [4.69, 9.17) is 5.11 Å². The standard InChI is InChI=1S/C13H15NO4/c15-11(7-12(16)17)13(18)14-10-6-5-8-3-1-2-4-9(8)10/h1-4,10-11,15H,5-7H2,(H,14,18)(H,16,17)/t10?,11-/m1/s1. The third kappa shape index (κ3) is 2.68. The van der Waals surface area contributed by atoms with Gasteiger partial charge in [0.1, 0.15) is 6.10 Å². The number of rotatable bonds is 4. The van der Waals surface area contributed by atoms with Crippen molar-refractivity contribution in [3.8, 4) is 0 Å². The van der Waals surface area contributed by atoms with Gasteiger partial charge in [-0.3, -0.25) is 9.59 Å². The zero-order valence-electron chi connectivity index (χ0n) is 9.80.